The summed E-state index contributed by atoms with van der Waals surface area (Å²) in [6, 6.07) is 17.1. The Morgan fingerprint density at radius 2 is 1.57 bits per heavy atom. The molecule has 0 bridgehead atoms. The van der Waals surface area contributed by atoms with E-state index < -0.39 is 5.97 Å². The highest BCUT2D eigenvalue weighted by molar-refractivity contribution is 6.19. The molecule has 0 atom stereocenters. The molecule has 0 fully saturated rings. The molecule has 4 heteroatoms. The maximum Gasteiger partial charge on any atom is 0.336 e. The van der Waals surface area contributed by atoms with Gasteiger partial charge in [-0.3, -0.25) is 0 Å². The van der Waals surface area contributed by atoms with Crippen LogP contribution in [0.25, 0.3) is 44.3 Å². The molecule has 0 unspecified atom stereocenters. The smallest absolute Gasteiger partial charge is 0.336 e. The number of aromatic carboxylic acids is 1. The highest BCUT2D eigenvalue weighted by Gasteiger charge is 2.28. The lowest BCUT2D eigenvalue weighted by Gasteiger charge is -2.06. The molecule has 1 N–H and O–H groups in total. The molecule has 0 spiro atoms. The first kappa shape index (κ1) is 12.3. The van der Waals surface area contributed by atoms with Crippen LogP contribution in [0.4, 0.5) is 0 Å². The topological polar surface area (TPSA) is 63.1 Å². The zero-order valence-corrected chi connectivity index (χ0v) is 11.9. The fourth-order valence-corrected chi connectivity index (χ4v) is 3.36. The predicted molar refractivity (Wildman–Crippen MR) is 88.4 cm³/mol. The van der Waals surface area contributed by atoms with Crippen LogP contribution in [0.1, 0.15) is 10.4 Å². The van der Waals surface area contributed by atoms with E-state index in [2.05, 4.69) is 0 Å². The standard InChI is InChI=1S/C19H10N2O2/c22-19(23)12-9-8-10-4-3-5-11-15(10)16(12)18-17(11)20-13-6-1-2-7-14(13)21-18/h1-9H,(H,22,23). The van der Waals surface area contributed by atoms with Crippen molar-refractivity contribution in [2.45, 2.75) is 0 Å². The molecule has 4 aromatic rings. The van der Waals surface area contributed by atoms with Gasteiger partial charge in [0, 0.05) is 16.5 Å². The summed E-state index contributed by atoms with van der Waals surface area (Å²) in [5.41, 5.74) is 4.91. The molecular formula is C19H10N2O2. The fourth-order valence-electron chi connectivity index (χ4n) is 3.36. The van der Waals surface area contributed by atoms with Gasteiger partial charge in [0.25, 0.3) is 0 Å². The highest BCUT2D eigenvalue weighted by Crippen LogP contribution is 2.47. The zero-order valence-electron chi connectivity index (χ0n) is 11.9. The Bertz CT molecular complexity index is 1150. The van der Waals surface area contributed by atoms with E-state index in [-0.39, 0.29) is 5.56 Å². The van der Waals surface area contributed by atoms with E-state index in [1.54, 1.807) is 6.07 Å². The molecule has 1 aliphatic carbocycles. The third-order valence-electron chi connectivity index (χ3n) is 4.34. The number of aromatic nitrogens is 2. The van der Waals surface area contributed by atoms with Gasteiger partial charge in [-0.15, -0.1) is 0 Å². The third-order valence-corrected chi connectivity index (χ3v) is 4.34. The lowest BCUT2D eigenvalue weighted by atomic mass is 9.99. The van der Waals surface area contributed by atoms with Crippen molar-refractivity contribution in [2.75, 3.05) is 0 Å². The maximum absolute atomic E-state index is 11.7. The lowest BCUT2D eigenvalue weighted by molar-refractivity contribution is 0.0698. The number of rotatable bonds is 1. The van der Waals surface area contributed by atoms with Crippen LogP contribution < -0.4 is 0 Å². The summed E-state index contributed by atoms with van der Waals surface area (Å²) in [6.07, 6.45) is 0. The fraction of sp³-hybridized carbons (Fsp3) is 0. The first-order valence-electron chi connectivity index (χ1n) is 7.30. The summed E-state index contributed by atoms with van der Waals surface area (Å²) in [5.74, 6) is -0.945. The summed E-state index contributed by atoms with van der Waals surface area (Å²) < 4.78 is 0. The number of benzene rings is 3. The van der Waals surface area contributed by atoms with Crippen LogP contribution in [-0.4, -0.2) is 21.0 Å². The zero-order chi connectivity index (χ0) is 15.6. The predicted octanol–water partition coefficient (Wildman–Crippen LogP) is 4.13. The van der Waals surface area contributed by atoms with Crippen molar-refractivity contribution < 1.29 is 9.90 Å². The first-order valence-corrected chi connectivity index (χ1v) is 7.30. The highest BCUT2D eigenvalue weighted by atomic mass is 16.4. The van der Waals surface area contributed by atoms with Crippen LogP contribution in [0.5, 0.6) is 0 Å². The maximum atomic E-state index is 11.7. The van der Waals surface area contributed by atoms with E-state index in [0.717, 1.165) is 33.1 Å². The molecular weight excluding hydrogens is 288 g/mol. The van der Waals surface area contributed by atoms with E-state index in [0.29, 0.717) is 11.3 Å². The van der Waals surface area contributed by atoms with Gasteiger partial charge in [0.2, 0.25) is 0 Å². The lowest BCUT2D eigenvalue weighted by Crippen LogP contribution is -2.00. The molecule has 0 radical (unpaired) electrons. The van der Waals surface area contributed by atoms with Crippen LogP contribution in [0.15, 0.2) is 54.6 Å². The van der Waals surface area contributed by atoms with Crippen molar-refractivity contribution >= 4 is 27.8 Å². The largest absolute Gasteiger partial charge is 0.478 e. The van der Waals surface area contributed by atoms with Crippen LogP contribution >= 0.6 is 0 Å². The second-order valence-corrected chi connectivity index (χ2v) is 5.61. The monoisotopic (exact) mass is 298 g/mol. The minimum atomic E-state index is -0.945. The van der Waals surface area contributed by atoms with Gasteiger partial charge in [-0.25, -0.2) is 14.8 Å². The molecule has 0 saturated heterocycles. The second kappa shape index (κ2) is 4.14. The van der Waals surface area contributed by atoms with Gasteiger partial charge in [-0.05, 0) is 23.6 Å². The van der Waals surface area contributed by atoms with Gasteiger partial charge in [-0.1, -0.05) is 36.4 Å². The number of carboxylic acid groups (broad SMARTS) is 1. The summed E-state index contributed by atoms with van der Waals surface area (Å²) in [4.78, 5) is 21.1. The summed E-state index contributed by atoms with van der Waals surface area (Å²) in [5, 5.41) is 11.5. The van der Waals surface area contributed by atoms with Gasteiger partial charge in [0.05, 0.1) is 28.0 Å². The van der Waals surface area contributed by atoms with Crippen molar-refractivity contribution in [3.8, 4) is 22.5 Å². The van der Waals surface area contributed by atoms with Crippen molar-refractivity contribution in [3.05, 3.63) is 60.2 Å². The Balaban J connectivity index is 2.02. The molecule has 0 saturated carbocycles. The molecule has 1 heterocycles. The molecule has 5 rings (SSSR count). The second-order valence-electron chi connectivity index (χ2n) is 5.61. The SMILES string of the molecule is O=C(O)c1ccc2cccc3c2c1-c1nc2ccccc2nc1-3. The molecule has 23 heavy (non-hydrogen) atoms. The molecule has 0 amide bonds. The number of fused-ring (bicyclic) bond motifs is 4. The van der Waals surface area contributed by atoms with Gasteiger partial charge in [0.1, 0.15) is 0 Å². The normalized spacial score (nSPS) is 11.8. The van der Waals surface area contributed by atoms with Crippen LogP contribution in [0, 0.1) is 0 Å². The third kappa shape index (κ3) is 1.52. The summed E-state index contributed by atoms with van der Waals surface area (Å²) >= 11 is 0. The molecule has 1 aliphatic rings. The summed E-state index contributed by atoms with van der Waals surface area (Å²) in [6.45, 7) is 0. The van der Waals surface area contributed by atoms with Crippen molar-refractivity contribution in [1.82, 2.24) is 9.97 Å². The van der Waals surface area contributed by atoms with Crippen LogP contribution in [0.2, 0.25) is 0 Å². The first-order chi connectivity index (χ1) is 11.2. The number of hydrogen-bond acceptors (Lipinski definition) is 3. The molecule has 108 valence electrons. The number of nitrogens with zero attached hydrogens (tertiary/aromatic N) is 2. The van der Waals surface area contributed by atoms with E-state index in [1.807, 2.05) is 48.5 Å². The van der Waals surface area contributed by atoms with Crippen LogP contribution in [0.3, 0.4) is 0 Å². The van der Waals surface area contributed by atoms with E-state index in [9.17, 15) is 9.90 Å². The Labute approximate surface area is 131 Å². The average Bonchev–Trinajstić information content (AvgIpc) is 2.89. The van der Waals surface area contributed by atoms with E-state index in [4.69, 9.17) is 9.97 Å². The molecule has 4 nitrogen and oxygen atoms in total. The Hall–Kier alpha value is -3.27. The van der Waals surface area contributed by atoms with Gasteiger partial charge >= 0.3 is 5.97 Å². The van der Waals surface area contributed by atoms with E-state index >= 15 is 0 Å². The van der Waals surface area contributed by atoms with Gasteiger partial charge in [-0.2, -0.15) is 0 Å². The molecule has 3 aromatic carbocycles. The summed E-state index contributed by atoms with van der Waals surface area (Å²) in [7, 11) is 0. The number of carboxylic acids is 1. The number of carbonyl (C=O) groups is 1. The van der Waals surface area contributed by atoms with Crippen molar-refractivity contribution in [2.24, 2.45) is 0 Å². The minimum absolute atomic E-state index is 0.272. The van der Waals surface area contributed by atoms with Crippen LogP contribution in [-0.2, 0) is 0 Å². The van der Waals surface area contributed by atoms with Crippen molar-refractivity contribution in [1.29, 1.82) is 0 Å². The number of hydrogen-bond donors (Lipinski definition) is 1. The average molecular weight is 298 g/mol. The molecule has 0 aliphatic heterocycles. The minimum Gasteiger partial charge on any atom is -0.478 e. The Kier molecular flexibility index (Phi) is 2.21. The number of para-hydroxylation sites is 2. The Morgan fingerprint density at radius 3 is 2.30 bits per heavy atom. The van der Waals surface area contributed by atoms with Gasteiger partial charge in [0.15, 0.2) is 0 Å². The van der Waals surface area contributed by atoms with Crippen molar-refractivity contribution in [3.63, 3.8) is 0 Å². The quantitative estimate of drug-likeness (QED) is 0.505. The Morgan fingerprint density at radius 1 is 0.826 bits per heavy atom. The van der Waals surface area contributed by atoms with E-state index in [1.165, 1.54) is 0 Å². The van der Waals surface area contributed by atoms with Gasteiger partial charge < -0.3 is 5.11 Å². The molecule has 1 aromatic heterocycles.